The van der Waals surface area contributed by atoms with Gasteiger partial charge in [-0.15, -0.1) is 0 Å². The van der Waals surface area contributed by atoms with Crippen LogP contribution in [0, 0.1) is 67.2 Å². The Hall–Kier alpha value is -2.18. The van der Waals surface area contributed by atoms with Gasteiger partial charge in [0.1, 0.15) is 0 Å². The number of aryl methyl sites for hydroxylation is 8. The summed E-state index contributed by atoms with van der Waals surface area (Å²) in [6.07, 6.45) is 5.03. The summed E-state index contributed by atoms with van der Waals surface area (Å²) in [6, 6.07) is 18.7. The van der Waals surface area contributed by atoms with E-state index >= 15 is 0 Å². The maximum absolute atomic E-state index is 8.74. The molecule has 0 aromatic heterocycles. The third-order valence-corrected chi connectivity index (χ3v) is 32.2. The molecule has 0 nitrogen and oxygen atoms in total. The van der Waals surface area contributed by atoms with Gasteiger partial charge in [-0.3, -0.25) is 0 Å². The van der Waals surface area contributed by atoms with Crippen molar-refractivity contribution in [3.8, 4) is 22.3 Å². The second-order valence-electron chi connectivity index (χ2n) is 16.3. The summed E-state index contributed by atoms with van der Waals surface area (Å²) in [5.41, 5.74) is 24.0. The number of halogens is 2. The molecule has 49 heavy (non-hydrogen) atoms. The van der Waals surface area contributed by atoms with Gasteiger partial charge in [0.15, 0.2) is 0 Å². The molecule has 4 aromatic rings. The van der Waals surface area contributed by atoms with Crippen LogP contribution in [-0.4, -0.2) is 0 Å². The molecular weight excluding hydrogens is 715 g/mol. The molecule has 0 amide bonds. The van der Waals surface area contributed by atoms with Crippen LogP contribution >= 0.6 is 17.0 Å². The van der Waals surface area contributed by atoms with E-state index in [0.717, 1.165) is 4.13 Å². The molecule has 2 aliphatic carbocycles. The van der Waals surface area contributed by atoms with Gasteiger partial charge in [-0.2, -0.15) is 0 Å². The van der Waals surface area contributed by atoms with Crippen LogP contribution in [-0.2, 0) is 16.4 Å². The quantitative estimate of drug-likeness (QED) is 0.176. The average molecular weight is 770 g/mol. The molecule has 2 unspecified atom stereocenters. The van der Waals surface area contributed by atoms with Gasteiger partial charge in [-0.25, -0.2) is 0 Å². The van der Waals surface area contributed by atoms with Crippen molar-refractivity contribution in [2.45, 2.75) is 101 Å². The summed E-state index contributed by atoms with van der Waals surface area (Å²) in [6.45, 7) is 29.7. The zero-order chi connectivity index (χ0) is 35.9. The van der Waals surface area contributed by atoms with E-state index in [9.17, 15) is 0 Å². The van der Waals surface area contributed by atoms with Crippen LogP contribution < -0.4 is 0 Å². The Morgan fingerprint density at radius 2 is 0.837 bits per heavy atom. The fourth-order valence-corrected chi connectivity index (χ4v) is 28.4. The van der Waals surface area contributed by atoms with E-state index in [1.165, 1.54) is 100 Å². The minimum atomic E-state index is -5.01. The first-order valence-electron chi connectivity index (χ1n) is 18.3. The number of hydrogen-bond donors (Lipinski definition) is 0. The zero-order valence-corrected chi connectivity index (χ0v) is 36.0. The maximum atomic E-state index is 8.74. The Balaban J connectivity index is 1.69. The van der Waals surface area contributed by atoms with Crippen molar-refractivity contribution in [2.24, 2.45) is 11.8 Å². The normalized spacial score (nSPS) is 18.0. The van der Waals surface area contributed by atoms with Crippen LogP contribution in [0.2, 0.25) is 4.13 Å². The van der Waals surface area contributed by atoms with Gasteiger partial charge >= 0.3 is 307 Å². The van der Waals surface area contributed by atoms with E-state index in [1.807, 2.05) is 0 Å². The van der Waals surface area contributed by atoms with Crippen LogP contribution in [0.15, 0.2) is 59.7 Å². The fraction of sp³-hybridized carbons (Fsp3) is 0.391. The number of benzene rings is 4. The third-order valence-electron chi connectivity index (χ3n) is 11.7. The predicted molar refractivity (Wildman–Crippen MR) is 215 cm³/mol. The standard InChI is InChI=1S/2C22H25.C2H5.2ClH.Zr/c2*1-13(2)18-11-20-16(5)10-17(6)22(21(20)12-18)19-8-14(3)7-15(4)9-19;1-2;;;/h2*7-13H,1-6H3;1H2,2H3;2*1H;/q;;;;;+2/p-2. The first-order valence-corrected chi connectivity index (χ1v) is 29.2. The Morgan fingerprint density at radius 1 is 0.510 bits per heavy atom. The summed E-state index contributed by atoms with van der Waals surface area (Å²) in [4.78, 5) is 0. The van der Waals surface area contributed by atoms with Gasteiger partial charge in [0.2, 0.25) is 0 Å². The van der Waals surface area contributed by atoms with Gasteiger partial charge in [0.25, 0.3) is 0 Å². The molecule has 6 rings (SSSR count). The molecule has 2 atom stereocenters. The molecule has 0 saturated carbocycles. The molecule has 2 aliphatic rings. The van der Waals surface area contributed by atoms with E-state index in [0.29, 0.717) is 11.8 Å². The minimum absolute atomic E-state index is 0.0264. The van der Waals surface area contributed by atoms with Crippen molar-refractivity contribution < 1.29 is 16.4 Å². The number of fused-ring (bicyclic) bond motifs is 2. The Kier molecular flexibility index (Phi) is 9.56. The van der Waals surface area contributed by atoms with Crippen molar-refractivity contribution >= 4 is 29.2 Å². The van der Waals surface area contributed by atoms with E-state index in [-0.39, 0.29) is 7.25 Å². The van der Waals surface area contributed by atoms with E-state index < -0.39 is 16.4 Å². The summed E-state index contributed by atoms with van der Waals surface area (Å²) < 4.78 is 0.863. The van der Waals surface area contributed by atoms with Crippen molar-refractivity contribution in [1.29, 1.82) is 0 Å². The van der Waals surface area contributed by atoms with Crippen LogP contribution in [0.5, 0.6) is 0 Å². The molecule has 3 heteroatoms. The van der Waals surface area contributed by atoms with Crippen LogP contribution in [0.25, 0.3) is 34.4 Å². The predicted octanol–water partition coefficient (Wildman–Crippen LogP) is 14.8. The second-order valence-corrected chi connectivity index (χ2v) is 39.3. The topological polar surface area (TPSA) is 0 Å². The molecule has 0 bridgehead atoms. The van der Waals surface area contributed by atoms with E-state index in [2.05, 4.69) is 151 Å². The first kappa shape index (κ1) is 36.6. The molecule has 257 valence electrons. The summed E-state index contributed by atoms with van der Waals surface area (Å²) in [5.74, 6) is 0.636. The molecular formula is C46H55Cl2Zr. The molecule has 0 radical (unpaired) electrons. The Labute approximate surface area is 305 Å². The van der Waals surface area contributed by atoms with Gasteiger partial charge in [-0.1, -0.05) is 0 Å². The Morgan fingerprint density at radius 3 is 1.12 bits per heavy atom. The van der Waals surface area contributed by atoms with Crippen molar-refractivity contribution in [3.63, 3.8) is 0 Å². The molecule has 4 aromatic carbocycles. The van der Waals surface area contributed by atoms with Crippen LogP contribution in [0.1, 0.15) is 109 Å². The number of rotatable bonds is 7. The van der Waals surface area contributed by atoms with Gasteiger partial charge < -0.3 is 0 Å². The molecule has 0 spiro atoms. The summed E-state index contributed by atoms with van der Waals surface area (Å²) in [7, 11) is 17.5. The van der Waals surface area contributed by atoms with Gasteiger partial charge in [-0.05, 0) is 0 Å². The molecule has 0 heterocycles. The third kappa shape index (κ3) is 5.93. The van der Waals surface area contributed by atoms with E-state index in [4.69, 9.17) is 17.0 Å². The van der Waals surface area contributed by atoms with Gasteiger partial charge in [0, 0.05) is 0 Å². The second kappa shape index (κ2) is 12.8. The molecule has 0 N–H and O–H groups in total. The fourth-order valence-electron chi connectivity index (χ4n) is 9.82. The van der Waals surface area contributed by atoms with Crippen molar-refractivity contribution in [2.75, 3.05) is 0 Å². The molecule has 0 fully saturated rings. The SMILES string of the molecule is C[CH2][Zr]([Cl])([Cl])([CH]1C(C(C)C)=Cc2c(-c3cc(C)cc(C)c3)c(C)cc(C)c21)[CH]1C(C(C)C)=Cc2c(-c3cc(C)cc(C)c3)c(C)cc(C)c21. The summed E-state index contributed by atoms with van der Waals surface area (Å²) in [5, 5.41) is 0. The number of hydrogen-bond acceptors (Lipinski definition) is 0. The van der Waals surface area contributed by atoms with Crippen LogP contribution in [0.3, 0.4) is 0 Å². The van der Waals surface area contributed by atoms with Crippen LogP contribution in [0.4, 0.5) is 0 Å². The van der Waals surface area contributed by atoms with Crippen molar-refractivity contribution in [1.82, 2.24) is 0 Å². The molecule has 0 saturated heterocycles. The molecule has 0 aliphatic heterocycles. The number of allylic oxidation sites excluding steroid dienone is 2. The average Bonchev–Trinajstić information content (AvgIpc) is 3.59. The summed E-state index contributed by atoms with van der Waals surface area (Å²) >= 11 is -5.01. The monoisotopic (exact) mass is 767 g/mol. The van der Waals surface area contributed by atoms with Crippen molar-refractivity contribution in [3.05, 3.63) is 126 Å². The van der Waals surface area contributed by atoms with E-state index in [1.54, 1.807) is 0 Å². The zero-order valence-electron chi connectivity index (χ0n) is 32.0. The Bertz CT molecular complexity index is 1900. The van der Waals surface area contributed by atoms with Gasteiger partial charge in [0.05, 0.1) is 0 Å². The first-order chi connectivity index (χ1) is 22.9.